The predicted octanol–water partition coefficient (Wildman–Crippen LogP) is 2.05. The van der Waals surface area contributed by atoms with Crippen LogP contribution in [0.1, 0.15) is 23.7 Å². The molecule has 0 saturated heterocycles. The molecule has 0 bridgehead atoms. The number of para-hydroxylation sites is 2. The molecule has 0 spiro atoms. The molecule has 5 rings (SSSR count). The van der Waals surface area contributed by atoms with Gasteiger partial charge in [0.1, 0.15) is 5.65 Å². The van der Waals surface area contributed by atoms with Gasteiger partial charge in [-0.25, -0.2) is 9.78 Å². The van der Waals surface area contributed by atoms with Crippen LogP contribution in [0.2, 0.25) is 0 Å². The summed E-state index contributed by atoms with van der Waals surface area (Å²) in [6.45, 7) is 0.756. The number of carbonyl (C=O) groups excluding carboxylic acids is 1. The lowest BCUT2D eigenvalue weighted by atomic mass is 10.00. The van der Waals surface area contributed by atoms with E-state index in [9.17, 15) is 9.59 Å². The quantitative estimate of drug-likeness (QED) is 0.601. The SMILES string of the molecule is O=C1C[C@@H](Cn2c(=O)oc3ccccc32)c2c(nc3ccccn23)CN1. The first-order valence-electron chi connectivity index (χ1n) is 8.51. The van der Waals surface area contributed by atoms with Gasteiger partial charge in [-0.05, 0) is 24.3 Å². The van der Waals surface area contributed by atoms with Crippen LogP contribution < -0.4 is 11.1 Å². The summed E-state index contributed by atoms with van der Waals surface area (Å²) in [5.74, 6) is -0.631. The number of pyridine rings is 1. The molecule has 130 valence electrons. The summed E-state index contributed by atoms with van der Waals surface area (Å²) in [6.07, 6.45) is 2.24. The average molecular weight is 348 g/mol. The maximum atomic E-state index is 12.4. The van der Waals surface area contributed by atoms with Gasteiger partial charge in [0, 0.05) is 25.1 Å². The van der Waals surface area contributed by atoms with E-state index in [1.165, 1.54) is 0 Å². The highest BCUT2D eigenvalue weighted by molar-refractivity contribution is 5.78. The fourth-order valence-electron chi connectivity index (χ4n) is 3.76. The number of nitrogens with one attached hydrogen (secondary N) is 1. The summed E-state index contributed by atoms with van der Waals surface area (Å²) >= 11 is 0. The third kappa shape index (κ3) is 2.24. The van der Waals surface area contributed by atoms with E-state index in [1.54, 1.807) is 10.6 Å². The van der Waals surface area contributed by atoms with Gasteiger partial charge in [-0.3, -0.25) is 9.36 Å². The number of carbonyl (C=O) groups is 1. The summed E-state index contributed by atoms with van der Waals surface area (Å²) in [6, 6.07) is 13.1. The van der Waals surface area contributed by atoms with Gasteiger partial charge in [0.2, 0.25) is 5.91 Å². The number of imidazole rings is 1. The van der Waals surface area contributed by atoms with Crippen LogP contribution >= 0.6 is 0 Å². The minimum Gasteiger partial charge on any atom is -0.408 e. The highest BCUT2D eigenvalue weighted by Crippen LogP contribution is 2.29. The fourth-order valence-corrected chi connectivity index (χ4v) is 3.76. The molecule has 0 fully saturated rings. The molecule has 1 aliphatic rings. The molecule has 0 saturated carbocycles. The van der Waals surface area contributed by atoms with Crippen molar-refractivity contribution >= 4 is 22.7 Å². The Morgan fingerprint density at radius 2 is 2.00 bits per heavy atom. The van der Waals surface area contributed by atoms with Crippen LogP contribution in [0.3, 0.4) is 0 Å². The summed E-state index contributed by atoms with van der Waals surface area (Å²) in [5, 5.41) is 2.90. The average Bonchev–Trinajstić information content (AvgIpc) is 3.12. The van der Waals surface area contributed by atoms with Crippen molar-refractivity contribution in [1.82, 2.24) is 19.3 Å². The van der Waals surface area contributed by atoms with Gasteiger partial charge in [0.05, 0.1) is 23.4 Å². The van der Waals surface area contributed by atoms with Crippen LogP contribution in [0, 0.1) is 0 Å². The molecule has 1 atom stereocenters. The third-order valence-corrected chi connectivity index (χ3v) is 4.89. The zero-order valence-corrected chi connectivity index (χ0v) is 13.9. The van der Waals surface area contributed by atoms with Crippen LogP contribution in [0.25, 0.3) is 16.7 Å². The zero-order chi connectivity index (χ0) is 17.7. The van der Waals surface area contributed by atoms with Gasteiger partial charge in [-0.1, -0.05) is 18.2 Å². The smallest absolute Gasteiger partial charge is 0.408 e. The number of fused-ring (bicyclic) bond motifs is 4. The van der Waals surface area contributed by atoms with Crippen molar-refractivity contribution < 1.29 is 9.21 Å². The molecule has 1 aromatic carbocycles. The largest absolute Gasteiger partial charge is 0.419 e. The fraction of sp³-hybridized carbons (Fsp3) is 0.211. The number of hydrogen-bond acceptors (Lipinski definition) is 4. The van der Waals surface area contributed by atoms with Crippen molar-refractivity contribution in [1.29, 1.82) is 0 Å². The summed E-state index contributed by atoms with van der Waals surface area (Å²) < 4.78 is 8.95. The number of hydrogen-bond donors (Lipinski definition) is 1. The molecule has 1 aliphatic heterocycles. The van der Waals surface area contributed by atoms with E-state index >= 15 is 0 Å². The second kappa shape index (κ2) is 5.59. The van der Waals surface area contributed by atoms with Crippen molar-refractivity contribution in [3.63, 3.8) is 0 Å². The van der Waals surface area contributed by atoms with Crippen molar-refractivity contribution in [3.05, 3.63) is 70.6 Å². The first kappa shape index (κ1) is 14.9. The van der Waals surface area contributed by atoms with E-state index in [0.29, 0.717) is 25.1 Å². The maximum Gasteiger partial charge on any atom is 0.419 e. The third-order valence-electron chi connectivity index (χ3n) is 4.89. The molecule has 26 heavy (non-hydrogen) atoms. The lowest BCUT2D eigenvalue weighted by molar-refractivity contribution is -0.121. The first-order chi connectivity index (χ1) is 12.7. The van der Waals surface area contributed by atoms with Crippen molar-refractivity contribution in [2.45, 2.75) is 25.4 Å². The highest BCUT2D eigenvalue weighted by Gasteiger charge is 2.28. The molecular formula is C19H16N4O3. The summed E-state index contributed by atoms with van der Waals surface area (Å²) in [5.41, 5.74) is 3.93. The van der Waals surface area contributed by atoms with Gasteiger partial charge >= 0.3 is 5.76 Å². The molecule has 3 aromatic heterocycles. The number of rotatable bonds is 2. The maximum absolute atomic E-state index is 12.4. The number of oxazole rings is 1. The molecule has 4 aromatic rings. The van der Waals surface area contributed by atoms with E-state index in [-0.39, 0.29) is 11.8 Å². The lowest BCUT2D eigenvalue weighted by Crippen LogP contribution is -2.24. The van der Waals surface area contributed by atoms with Gasteiger partial charge < -0.3 is 14.1 Å². The van der Waals surface area contributed by atoms with Gasteiger partial charge in [-0.2, -0.15) is 0 Å². The van der Waals surface area contributed by atoms with E-state index in [0.717, 1.165) is 22.6 Å². The van der Waals surface area contributed by atoms with Crippen LogP contribution in [0.15, 0.2) is 57.9 Å². The zero-order valence-electron chi connectivity index (χ0n) is 13.9. The normalized spacial score (nSPS) is 17.2. The van der Waals surface area contributed by atoms with E-state index in [1.807, 2.05) is 47.0 Å². The monoisotopic (exact) mass is 348 g/mol. The molecule has 1 N–H and O–H groups in total. The minimum absolute atomic E-state index is 0.0430. The Bertz CT molecular complexity index is 1200. The second-order valence-corrected chi connectivity index (χ2v) is 6.50. The van der Waals surface area contributed by atoms with Crippen molar-refractivity contribution in [3.8, 4) is 0 Å². The Morgan fingerprint density at radius 1 is 1.15 bits per heavy atom. The van der Waals surface area contributed by atoms with Gasteiger partial charge in [0.25, 0.3) is 0 Å². The molecule has 4 heterocycles. The number of nitrogens with zero attached hydrogens (tertiary/aromatic N) is 3. The number of benzene rings is 1. The summed E-state index contributed by atoms with van der Waals surface area (Å²) in [4.78, 5) is 29.2. The molecule has 0 unspecified atom stereocenters. The standard InChI is InChI=1S/C19H16N4O3/c24-17-9-12(11-23-14-5-1-2-6-15(14)26-19(23)25)18-13(10-20-17)21-16-7-3-4-8-22(16)18/h1-8,12H,9-11H2,(H,20,24)/t12-/m0/s1. The van der Waals surface area contributed by atoms with Crippen molar-refractivity contribution in [2.24, 2.45) is 0 Å². The Hall–Kier alpha value is -3.35. The van der Waals surface area contributed by atoms with Gasteiger partial charge in [-0.15, -0.1) is 0 Å². The Labute approximate surface area is 147 Å². The second-order valence-electron chi connectivity index (χ2n) is 6.50. The van der Waals surface area contributed by atoms with E-state index < -0.39 is 5.76 Å². The Morgan fingerprint density at radius 3 is 2.92 bits per heavy atom. The Balaban J connectivity index is 1.67. The van der Waals surface area contributed by atoms with E-state index in [4.69, 9.17) is 4.42 Å². The number of amides is 1. The van der Waals surface area contributed by atoms with Crippen LogP contribution in [0.5, 0.6) is 0 Å². The molecule has 1 amide bonds. The van der Waals surface area contributed by atoms with Gasteiger partial charge in [0.15, 0.2) is 5.58 Å². The van der Waals surface area contributed by atoms with Crippen LogP contribution in [-0.4, -0.2) is 19.9 Å². The minimum atomic E-state index is -0.411. The van der Waals surface area contributed by atoms with E-state index in [2.05, 4.69) is 10.3 Å². The Kier molecular flexibility index (Phi) is 3.21. The highest BCUT2D eigenvalue weighted by atomic mass is 16.4. The molecular weight excluding hydrogens is 332 g/mol. The molecule has 7 heteroatoms. The van der Waals surface area contributed by atoms with Crippen LogP contribution in [0.4, 0.5) is 0 Å². The number of aromatic nitrogens is 3. The van der Waals surface area contributed by atoms with Crippen LogP contribution in [-0.2, 0) is 17.9 Å². The molecule has 0 aliphatic carbocycles. The topological polar surface area (TPSA) is 81.5 Å². The first-order valence-corrected chi connectivity index (χ1v) is 8.51. The lowest BCUT2D eigenvalue weighted by Gasteiger charge is -2.15. The molecule has 7 nitrogen and oxygen atoms in total. The summed E-state index contributed by atoms with van der Waals surface area (Å²) in [7, 11) is 0. The molecule has 0 radical (unpaired) electrons. The predicted molar refractivity (Wildman–Crippen MR) is 94.9 cm³/mol. The van der Waals surface area contributed by atoms with Crippen molar-refractivity contribution in [2.75, 3.05) is 0 Å².